The minimum atomic E-state index is 0.143. The highest BCUT2D eigenvalue weighted by molar-refractivity contribution is 5.77. The number of nitrogens with one attached hydrogen (secondary N) is 2. The Morgan fingerprint density at radius 3 is 2.07 bits per heavy atom. The lowest BCUT2D eigenvalue weighted by molar-refractivity contribution is 0.112. The summed E-state index contributed by atoms with van der Waals surface area (Å²) < 4.78 is 11.7. The summed E-state index contributed by atoms with van der Waals surface area (Å²) in [7, 11) is 7.18. The minimum Gasteiger partial charge on any atom is -0.487 e. The van der Waals surface area contributed by atoms with E-state index in [9.17, 15) is 4.79 Å². The molecule has 0 aromatic heterocycles. The second-order valence-electron chi connectivity index (χ2n) is 6.67. The Bertz CT molecular complexity index is 690. The summed E-state index contributed by atoms with van der Waals surface area (Å²) >= 11 is 0. The average Bonchev–Trinajstić information content (AvgIpc) is 2.69. The highest BCUT2D eigenvalue weighted by Crippen LogP contribution is 2.32. The summed E-state index contributed by atoms with van der Waals surface area (Å²) in [6, 6.07) is 3.39. The summed E-state index contributed by atoms with van der Waals surface area (Å²) in [5, 5.41) is 6.95. The number of carbonyl (C=O) groups excluding carboxylic acids is 1. The van der Waals surface area contributed by atoms with E-state index in [4.69, 9.17) is 26.8 Å². The molecular formula is C21H38N6O3. The Hall–Kier alpha value is -2.91. The first kappa shape index (κ1) is 27.1. The highest BCUT2D eigenvalue weighted by atomic mass is 16.5. The summed E-state index contributed by atoms with van der Waals surface area (Å²) in [6.07, 6.45) is 6.68. The SMILES string of the molecule is CCCCc1c(OC/C(N)=C/NC)cc(C=O)cc1OC/C(N)=C/N(C)N.CNC. The first-order valence-corrected chi connectivity index (χ1v) is 9.84. The van der Waals surface area contributed by atoms with Crippen molar-refractivity contribution in [3.63, 3.8) is 0 Å². The summed E-state index contributed by atoms with van der Waals surface area (Å²) in [5.74, 6) is 6.70. The smallest absolute Gasteiger partial charge is 0.150 e. The molecule has 0 radical (unpaired) electrons. The number of carbonyl (C=O) groups is 1. The van der Waals surface area contributed by atoms with Gasteiger partial charge in [0.2, 0.25) is 0 Å². The van der Waals surface area contributed by atoms with Gasteiger partial charge in [-0.1, -0.05) is 13.3 Å². The van der Waals surface area contributed by atoms with Gasteiger partial charge in [0.05, 0.1) is 11.4 Å². The largest absolute Gasteiger partial charge is 0.487 e. The van der Waals surface area contributed by atoms with Gasteiger partial charge in [-0.3, -0.25) is 4.79 Å². The maximum Gasteiger partial charge on any atom is 0.150 e. The number of ether oxygens (including phenoxy) is 2. The number of hydrogen-bond acceptors (Lipinski definition) is 9. The van der Waals surface area contributed by atoms with E-state index in [1.807, 2.05) is 14.1 Å². The molecule has 170 valence electrons. The van der Waals surface area contributed by atoms with E-state index in [-0.39, 0.29) is 13.2 Å². The summed E-state index contributed by atoms with van der Waals surface area (Å²) in [6.45, 7) is 2.44. The van der Waals surface area contributed by atoms with Crippen LogP contribution in [0.4, 0.5) is 0 Å². The van der Waals surface area contributed by atoms with Gasteiger partial charge in [0.15, 0.2) is 0 Å². The number of hydrazine groups is 1. The van der Waals surface area contributed by atoms with Crippen LogP contribution in [-0.4, -0.2) is 52.7 Å². The van der Waals surface area contributed by atoms with E-state index < -0.39 is 0 Å². The lowest BCUT2D eigenvalue weighted by Crippen LogP contribution is -2.23. The fourth-order valence-electron chi connectivity index (χ4n) is 2.41. The minimum absolute atomic E-state index is 0.143. The van der Waals surface area contributed by atoms with Crippen molar-refractivity contribution < 1.29 is 14.3 Å². The number of nitrogens with two attached hydrogens (primary N) is 3. The lowest BCUT2D eigenvalue weighted by Gasteiger charge is -2.18. The average molecular weight is 423 g/mol. The second-order valence-corrected chi connectivity index (χ2v) is 6.67. The van der Waals surface area contributed by atoms with Crippen molar-refractivity contribution in [1.29, 1.82) is 0 Å². The molecule has 1 aromatic rings. The molecule has 0 aliphatic carbocycles. The molecular weight excluding hydrogens is 384 g/mol. The van der Waals surface area contributed by atoms with Crippen molar-refractivity contribution in [1.82, 2.24) is 15.6 Å². The standard InChI is InChI=1S/C19H31N5O3.C2H7N/c1-4-5-6-17-18(26-12-15(20)9-23-2)7-14(11-25)8-19(17)27-13-16(21)10-24(3)22;1-3-2/h7-11,23H,4-6,12-13,20-22H2,1-3H3;3H,1-2H3/b15-9-,16-10-;. The van der Waals surface area contributed by atoms with Gasteiger partial charge in [-0.15, -0.1) is 0 Å². The maximum atomic E-state index is 11.3. The molecule has 0 saturated carbocycles. The quantitative estimate of drug-likeness (QED) is 0.190. The van der Waals surface area contributed by atoms with Crippen LogP contribution in [0.25, 0.3) is 0 Å². The number of unbranched alkanes of at least 4 members (excludes halogenated alkanes) is 1. The molecule has 0 fully saturated rings. The monoisotopic (exact) mass is 422 g/mol. The van der Waals surface area contributed by atoms with Crippen molar-refractivity contribution in [3.05, 3.63) is 47.1 Å². The Kier molecular flexibility index (Phi) is 14.4. The number of benzene rings is 1. The lowest BCUT2D eigenvalue weighted by atomic mass is 10.0. The van der Waals surface area contributed by atoms with E-state index in [2.05, 4.69) is 17.6 Å². The molecule has 1 aromatic carbocycles. The van der Waals surface area contributed by atoms with Gasteiger partial charge in [-0.2, -0.15) is 0 Å². The van der Waals surface area contributed by atoms with Crippen LogP contribution in [0.5, 0.6) is 11.5 Å². The third-order valence-corrected chi connectivity index (χ3v) is 3.59. The zero-order chi connectivity index (χ0) is 22.9. The zero-order valence-corrected chi connectivity index (χ0v) is 18.8. The highest BCUT2D eigenvalue weighted by Gasteiger charge is 2.14. The van der Waals surface area contributed by atoms with Crippen molar-refractivity contribution in [2.45, 2.75) is 26.2 Å². The Morgan fingerprint density at radius 2 is 1.63 bits per heavy atom. The Morgan fingerprint density at radius 1 is 1.10 bits per heavy atom. The first-order chi connectivity index (χ1) is 14.3. The third kappa shape index (κ3) is 11.2. The number of nitrogens with zero attached hydrogens (tertiary/aromatic N) is 1. The maximum absolute atomic E-state index is 11.3. The molecule has 0 aliphatic heterocycles. The van der Waals surface area contributed by atoms with Crippen molar-refractivity contribution >= 4 is 6.29 Å². The van der Waals surface area contributed by atoms with E-state index in [1.54, 1.807) is 38.6 Å². The third-order valence-electron chi connectivity index (χ3n) is 3.59. The molecule has 0 aliphatic rings. The van der Waals surface area contributed by atoms with Crippen LogP contribution in [0.15, 0.2) is 35.9 Å². The van der Waals surface area contributed by atoms with E-state index in [0.29, 0.717) is 28.5 Å². The molecule has 0 spiro atoms. The summed E-state index contributed by atoms with van der Waals surface area (Å²) in [4.78, 5) is 11.3. The number of hydrogen-bond donors (Lipinski definition) is 5. The van der Waals surface area contributed by atoms with Gasteiger partial charge in [0.1, 0.15) is 31.0 Å². The van der Waals surface area contributed by atoms with E-state index in [0.717, 1.165) is 31.1 Å². The number of aldehydes is 1. The van der Waals surface area contributed by atoms with Crippen LogP contribution < -0.4 is 37.4 Å². The predicted octanol–water partition coefficient (Wildman–Crippen LogP) is 1.06. The van der Waals surface area contributed by atoms with Gasteiger partial charge in [0.25, 0.3) is 0 Å². The molecule has 30 heavy (non-hydrogen) atoms. The van der Waals surface area contributed by atoms with Crippen molar-refractivity contribution in [2.75, 3.05) is 41.4 Å². The van der Waals surface area contributed by atoms with Crippen LogP contribution in [0, 0.1) is 0 Å². The van der Waals surface area contributed by atoms with Gasteiger partial charge in [-0.25, -0.2) is 5.84 Å². The fraction of sp³-hybridized carbons (Fsp3) is 0.476. The van der Waals surface area contributed by atoms with Gasteiger partial charge < -0.3 is 36.6 Å². The fourth-order valence-corrected chi connectivity index (χ4v) is 2.41. The molecule has 0 heterocycles. The summed E-state index contributed by atoms with van der Waals surface area (Å²) in [5.41, 5.74) is 14.1. The van der Waals surface area contributed by atoms with Crippen molar-refractivity contribution in [3.8, 4) is 11.5 Å². The molecule has 0 bridgehead atoms. The molecule has 1 rings (SSSR count). The van der Waals surface area contributed by atoms with Crippen LogP contribution >= 0.6 is 0 Å². The Balaban J connectivity index is 0.00000263. The molecule has 8 N–H and O–H groups in total. The zero-order valence-electron chi connectivity index (χ0n) is 18.8. The van der Waals surface area contributed by atoms with Crippen LogP contribution in [0.3, 0.4) is 0 Å². The van der Waals surface area contributed by atoms with Crippen LogP contribution in [-0.2, 0) is 6.42 Å². The van der Waals surface area contributed by atoms with E-state index >= 15 is 0 Å². The molecule has 0 atom stereocenters. The van der Waals surface area contributed by atoms with Crippen LogP contribution in [0.2, 0.25) is 0 Å². The molecule has 9 nitrogen and oxygen atoms in total. The molecule has 9 heteroatoms. The van der Waals surface area contributed by atoms with Crippen molar-refractivity contribution in [2.24, 2.45) is 17.3 Å². The second kappa shape index (κ2) is 15.9. The van der Waals surface area contributed by atoms with E-state index in [1.165, 1.54) is 5.01 Å². The molecule has 0 saturated heterocycles. The molecule has 0 amide bonds. The van der Waals surface area contributed by atoms with Gasteiger partial charge in [0, 0.05) is 37.6 Å². The predicted molar refractivity (Wildman–Crippen MR) is 122 cm³/mol. The van der Waals surface area contributed by atoms with Gasteiger partial charge in [-0.05, 0) is 39.1 Å². The topological polar surface area (TPSA) is 141 Å². The van der Waals surface area contributed by atoms with Crippen LogP contribution in [0.1, 0.15) is 35.7 Å². The molecule has 0 unspecified atom stereocenters. The normalized spacial score (nSPS) is 11.3. The van der Waals surface area contributed by atoms with Gasteiger partial charge >= 0.3 is 0 Å². The number of rotatable bonds is 12. The first-order valence-electron chi connectivity index (χ1n) is 9.84. The Labute approximate surface area is 180 Å².